The highest BCUT2D eigenvalue weighted by atomic mass is 16.5. The minimum absolute atomic E-state index is 0.427. The first kappa shape index (κ1) is 11.0. The fourth-order valence-corrected chi connectivity index (χ4v) is 3.94. The van der Waals surface area contributed by atoms with Crippen molar-refractivity contribution in [2.24, 2.45) is 5.92 Å². The molecule has 2 bridgehead atoms. The van der Waals surface area contributed by atoms with Crippen LogP contribution in [0, 0.1) is 5.92 Å². The van der Waals surface area contributed by atoms with Gasteiger partial charge in [-0.25, -0.2) is 0 Å². The van der Waals surface area contributed by atoms with Crippen LogP contribution in [0.4, 0.5) is 0 Å². The molecule has 0 saturated carbocycles. The molecule has 1 N–H and O–H groups in total. The first-order valence-electron chi connectivity index (χ1n) is 6.82. The van der Waals surface area contributed by atoms with Gasteiger partial charge in [-0.3, -0.25) is 0 Å². The largest absolute Gasteiger partial charge is 0.377 e. The van der Waals surface area contributed by atoms with E-state index in [9.17, 15) is 0 Å². The van der Waals surface area contributed by atoms with E-state index < -0.39 is 0 Å². The Morgan fingerprint density at radius 1 is 1.31 bits per heavy atom. The molecule has 3 nitrogen and oxygen atoms in total. The topological polar surface area (TPSA) is 24.5 Å². The van der Waals surface area contributed by atoms with Crippen molar-refractivity contribution >= 4 is 0 Å². The van der Waals surface area contributed by atoms with Gasteiger partial charge in [0, 0.05) is 31.3 Å². The molecule has 16 heavy (non-hydrogen) atoms. The molecule has 3 heteroatoms. The van der Waals surface area contributed by atoms with Gasteiger partial charge in [0.1, 0.15) is 0 Å². The van der Waals surface area contributed by atoms with Crippen molar-refractivity contribution in [1.82, 2.24) is 10.2 Å². The van der Waals surface area contributed by atoms with E-state index in [1.165, 1.54) is 32.2 Å². The molecular weight excluding hydrogens is 200 g/mol. The van der Waals surface area contributed by atoms with Gasteiger partial charge in [0.2, 0.25) is 0 Å². The van der Waals surface area contributed by atoms with Crippen molar-refractivity contribution in [3.8, 4) is 0 Å². The van der Waals surface area contributed by atoms with E-state index in [4.69, 9.17) is 4.74 Å². The van der Waals surface area contributed by atoms with Crippen LogP contribution in [0.5, 0.6) is 0 Å². The van der Waals surface area contributed by atoms with Crippen molar-refractivity contribution in [3.63, 3.8) is 0 Å². The zero-order chi connectivity index (χ0) is 11.1. The van der Waals surface area contributed by atoms with Crippen molar-refractivity contribution in [3.05, 3.63) is 0 Å². The maximum Gasteiger partial charge on any atom is 0.0702 e. The van der Waals surface area contributed by atoms with E-state index in [0.29, 0.717) is 12.1 Å². The van der Waals surface area contributed by atoms with Crippen molar-refractivity contribution in [1.29, 1.82) is 0 Å². The predicted molar refractivity (Wildman–Crippen MR) is 64.5 cm³/mol. The van der Waals surface area contributed by atoms with Crippen molar-refractivity contribution in [2.75, 3.05) is 20.2 Å². The van der Waals surface area contributed by atoms with E-state index in [0.717, 1.165) is 24.6 Å². The van der Waals surface area contributed by atoms with E-state index in [-0.39, 0.29) is 0 Å². The summed E-state index contributed by atoms with van der Waals surface area (Å²) in [6.45, 7) is 4.42. The van der Waals surface area contributed by atoms with Crippen LogP contribution in [0.2, 0.25) is 0 Å². The van der Waals surface area contributed by atoms with Crippen LogP contribution in [-0.2, 0) is 4.74 Å². The van der Waals surface area contributed by atoms with Crippen LogP contribution in [0.3, 0.4) is 0 Å². The molecule has 92 valence electrons. The molecule has 3 heterocycles. The molecule has 3 saturated heterocycles. The number of likely N-dealkylation sites (N-methyl/N-ethyl adjacent to an activating group) is 1. The third kappa shape index (κ3) is 1.89. The second-order valence-corrected chi connectivity index (χ2v) is 5.91. The van der Waals surface area contributed by atoms with Crippen LogP contribution in [0.15, 0.2) is 0 Å². The number of rotatable bonds is 3. The van der Waals surface area contributed by atoms with Gasteiger partial charge in [-0.2, -0.15) is 0 Å². The van der Waals surface area contributed by atoms with Gasteiger partial charge in [-0.15, -0.1) is 0 Å². The molecule has 5 unspecified atom stereocenters. The normalized spacial score (nSPS) is 47.1. The molecule has 3 aliphatic rings. The standard InChI is InChI=1S/C13H24N2O/c1-9-13(5-6-16-9)15(2)8-10-7-11-3-4-12(10)14-11/h9-14H,3-8H2,1-2H3. The summed E-state index contributed by atoms with van der Waals surface area (Å²) in [5.41, 5.74) is 0. The number of hydrogen-bond donors (Lipinski definition) is 1. The first-order chi connectivity index (χ1) is 7.74. The Labute approximate surface area is 98.5 Å². The second kappa shape index (κ2) is 4.28. The maximum atomic E-state index is 5.66. The summed E-state index contributed by atoms with van der Waals surface area (Å²) in [4.78, 5) is 2.55. The SMILES string of the molecule is CC1OCCC1N(C)CC1CC2CCC1N2. The highest BCUT2D eigenvalue weighted by Crippen LogP contribution is 2.34. The fraction of sp³-hybridized carbons (Fsp3) is 1.00. The number of hydrogen-bond acceptors (Lipinski definition) is 3. The monoisotopic (exact) mass is 224 g/mol. The summed E-state index contributed by atoms with van der Waals surface area (Å²) in [7, 11) is 2.28. The Hall–Kier alpha value is -0.120. The average Bonchev–Trinajstić information content (AvgIpc) is 2.92. The van der Waals surface area contributed by atoms with Gasteiger partial charge in [0.15, 0.2) is 0 Å². The zero-order valence-corrected chi connectivity index (χ0v) is 10.5. The van der Waals surface area contributed by atoms with Crippen LogP contribution in [0.25, 0.3) is 0 Å². The minimum Gasteiger partial charge on any atom is -0.377 e. The van der Waals surface area contributed by atoms with Crippen molar-refractivity contribution < 1.29 is 4.74 Å². The smallest absolute Gasteiger partial charge is 0.0702 e. The van der Waals surface area contributed by atoms with E-state index in [1.54, 1.807) is 0 Å². The lowest BCUT2D eigenvalue weighted by molar-refractivity contribution is 0.0764. The Bertz CT molecular complexity index is 258. The summed E-state index contributed by atoms with van der Waals surface area (Å²) in [5.74, 6) is 0.886. The third-order valence-electron chi connectivity index (χ3n) is 4.86. The molecule has 3 fully saturated rings. The molecule has 0 radical (unpaired) electrons. The lowest BCUT2D eigenvalue weighted by Gasteiger charge is -2.31. The molecule has 5 atom stereocenters. The molecule has 3 rings (SSSR count). The van der Waals surface area contributed by atoms with E-state index in [2.05, 4.69) is 24.2 Å². The number of nitrogens with zero attached hydrogens (tertiary/aromatic N) is 1. The minimum atomic E-state index is 0.427. The lowest BCUT2D eigenvalue weighted by Crippen LogP contribution is -2.42. The molecule has 0 aliphatic carbocycles. The Morgan fingerprint density at radius 3 is 2.75 bits per heavy atom. The van der Waals surface area contributed by atoms with Gasteiger partial charge in [0.05, 0.1) is 6.10 Å². The first-order valence-corrected chi connectivity index (χ1v) is 6.82. The second-order valence-electron chi connectivity index (χ2n) is 5.91. The zero-order valence-electron chi connectivity index (χ0n) is 10.5. The molecule has 3 aliphatic heterocycles. The number of ether oxygens (including phenoxy) is 1. The van der Waals surface area contributed by atoms with Gasteiger partial charge in [-0.1, -0.05) is 0 Å². The summed E-state index contributed by atoms with van der Waals surface area (Å²) in [5, 5.41) is 3.73. The van der Waals surface area contributed by atoms with E-state index in [1.807, 2.05) is 0 Å². The molecule has 0 aromatic rings. The fourth-order valence-electron chi connectivity index (χ4n) is 3.94. The van der Waals surface area contributed by atoms with Crippen LogP contribution < -0.4 is 5.32 Å². The molecule has 0 aromatic heterocycles. The van der Waals surface area contributed by atoms with Crippen LogP contribution in [0.1, 0.15) is 32.6 Å². The molecule has 0 amide bonds. The Morgan fingerprint density at radius 2 is 2.19 bits per heavy atom. The van der Waals surface area contributed by atoms with Crippen molar-refractivity contribution in [2.45, 2.75) is 56.8 Å². The molecule has 0 aromatic carbocycles. The quantitative estimate of drug-likeness (QED) is 0.780. The average molecular weight is 224 g/mol. The van der Waals surface area contributed by atoms with Crippen LogP contribution >= 0.6 is 0 Å². The maximum absolute atomic E-state index is 5.66. The summed E-state index contributed by atoms with van der Waals surface area (Å²) in [6.07, 6.45) is 5.85. The Kier molecular flexibility index (Phi) is 2.94. The van der Waals surface area contributed by atoms with Gasteiger partial charge >= 0.3 is 0 Å². The number of nitrogens with one attached hydrogen (secondary N) is 1. The summed E-state index contributed by atoms with van der Waals surface area (Å²) >= 11 is 0. The highest BCUT2D eigenvalue weighted by molar-refractivity contribution is 4.98. The summed E-state index contributed by atoms with van der Waals surface area (Å²) in [6, 6.07) is 2.30. The van der Waals surface area contributed by atoms with E-state index >= 15 is 0 Å². The van der Waals surface area contributed by atoms with Gasteiger partial charge in [0.25, 0.3) is 0 Å². The van der Waals surface area contributed by atoms with Gasteiger partial charge < -0.3 is 15.0 Å². The van der Waals surface area contributed by atoms with Gasteiger partial charge in [-0.05, 0) is 45.6 Å². The third-order valence-corrected chi connectivity index (χ3v) is 4.86. The molecular formula is C13H24N2O. The predicted octanol–water partition coefficient (Wildman–Crippen LogP) is 1.24. The number of fused-ring (bicyclic) bond motifs is 2. The molecule has 0 spiro atoms. The van der Waals surface area contributed by atoms with Crippen LogP contribution in [-0.4, -0.2) is 49.3 Å². The Balaban J connectivity index is 1.54. The summed E-state index contributed by atoms with van der Waals surface area (Å²) < 4.78 is 5.66. The lowest BCUT2D eigenvalue weighted by atomic mass is 9.88. The highest BCUT2D eigenvalue weighted by Gasteiger charge is 2.40.